The molecule has 0 aromatic carbocycles. The number of nitrogens with one attached hydrogen (secondary N) is 2. The summed E-state index contributed by atoms with van der Waals surface area (Å²) in [5, 5.41) is 11.2. The highest BCUT2D eigenvalue weighted by Crippen LogP contribution is 2.27. The van der Waals surface area contributed by atoms with Crippen molar-refractivity contribution in [2.45, 2.75) is 5.03 Å². The molecule has 0 unspecified atom stereocenters. The summed E-state index contributed by atoms with van der Waals surface area (Å²) in [5.41, 5.74) is 1.14. The second kappa shape index (κ2) is 1.95. The van der Waals surface area contributed by atoms with Crippen LogP contribution in [0.3, 0.4) is 0 Å². The molecule has 3 nitrogen and oxygen atoms in total. The molecule has 4 heteroatoms. The Kier molecular flexibility index (Phi) is 1.12. The molecule has 0 saturated carbocycles. The fraction of sp³-hybridized carbons (Fsp3) is 0.400. The molecule has 1 aromatic heterocycles. The van der Waals surface area contributed by atoms with Crippen molar-refractivity contribution in [2.24, 2.45) is 0 Å². The number of rotatable bonds is 0. The Bertz CT molecular complexity index is 187. The lowest BCUT2D eigenvalue weighted by Crippen LogP contribution is -2.08. The van der Waals surface area contributed by atoms with Crippen LogP contribution in [0.15, 0.2) is 11.2 Å². The van der Waals surface area contributed by atoms with Gasteiger partial charge in [-0.15, -0.1) is 11.8 Å². The second-order valence-corrected chi connectivity index (χ2v) is 2.99. The minimum absolute atomic E-state index is 1.05. The van der Waals surface area contributed by atoms with Gasteiger partial charge in [-0.3, -0.25) is 5.10 Å². The number of hydrogen-bond acceptors (Lipinski definition) is 3. The highest BCUT2D eigenvalue weighted by molar-refractivity contribution is 7.99. The van der Waals surface area contributed by atoms with E-state index >= 15 is 0 Å². The van der Waals surface area contributed by atoms with Crippen LogP contribution in [0.2, 0.25) is 0 Å². The molecule has 0 aliphatic carbocycles. The first kappa shape index (κ1) is 5.17. The van der Waals surface area contributed by atoms with Crippen LogP contribution in [0.5, 0.6) is 0 Å². The average molecular weight is 141 g/mol. The number of H-pyrrole nitrogens is 1. The lowest BCUT2D eigenvalue weighted by Gasteiger charge is -2.10. The Morgan fingerprint density at radius 2 is 2.67 bits per heavy atom. The van der Waals surface area contributed by atoms with Crippen molar-refractivity contribution in [3.8, 4) is 0 Å². The van der Waals surface area contributed by atoms with E-state index < -0.39 is 0 Å². The standard InChI is InChI=1S/C5H7N3S/c1-2-9-5-4(6-1)3-7-8-5/h3,6H,1-2H2,(H,7,8). The number of thioether (sulfide) groups is 1. The first-order chi connectivity index (χ1) is 4.47. The summed E-state index contributed by atoms with van der Waals surface area (Å²) in [6.07, 6.45) is 1.82. The van der Waals surface area contributed by atoms with E-state index in [4.69, 9.17) is 0 Å². The highest BCUT2D eigenvalue weighted by Gasteiger charge is 2.08. The molecule has 2 heterocycles. The molecular weight excluding hydrogens is 134 g/mol. The lowest BCUT2D eigenvalue weighted by molar-refractivity contribution is 0.995. The Balaban J connectivity index is 2.39. The maximum absolute atomic E-state index is 3.90. The van der Waals surface area contributed by atoms with Gasteiger partial charge in [0.2, 0.25) is 0 Å². The van der Waals surface area contributed by atoms with Gasteiger partial charge in [0.25, 0.3) is 0 Å². The third-order valence-corrected chi connectivity index (χ3v) is 2.28. The van der Waals surface area contributed by atoms with Gasteiger partial charge in [0.05, 0.1) is 11.9 Å². The Labute approximate surface area is 57.2 Å². The average Bonchev–Trinajstić information content (AvgIpc) is 2.33. The first-order valence-electron chi connectivity index (χ1n) is 2.87. The van der Waals surface area contributed by atoms with Crippen molar-refractivity contribution in [2.75, 3.05) is 17.6 Å². The number of hydrogen-bond donors (Lipinski definition) is 2. The number of fused-ring (bicyclic) bond motifs is 1. The van der Waals surface area contributed by atoms with E-state index in [1.807, 2.05) is 18.0 Å². The van der Waals surface area contributed by atoms with Gasteiger partial charge in [-0.05, 0) is 0 Å². The van der Waals surface area contributed by atoms with Gasteiger partial charge in [0.1, 0.15) is 5.03 Å². The third-order valence-electron chi connectivity index (χ3n) is 1.27. The molecular formula is C5H7N3S. The van der Waals surface area contributed by atoms with Crippen molar-refractivity contribution in [1.82, 2.24) is 10.2 Å². The predicted octanol–water partition coefficient (Wildman–Crippen LogP) is 0.927. The quantitative estimate of drug-likeness (QED) is 0.564. The largest absolute Gasteiger partial charge is 0.381 e. The SMILES string of the molecule is c1n[nH]c2c1NCCS2. The van der Waals surface area contributed by atoms with Crippen molar-refractivity contribution >= 4 is 17.4 Å². The molecule has 48 valence electrons. The summed E-state index contributed by atoms with van der Waals surface area (Å²) in [6, 6.07) is 0. The Hall–Kier alpha value is -0.640. The molecule has 0 bridgehead atoms. The molecule has 0 saturated heterocycles. The number of aromatic nitrogens is 2. The van der Waals surface area contributed by atoms with Gasteiger partial charge in [0, 0.05) is 12.3 Å². The minimum Gasteiger partial charge on any atom is -0.381 e. The fourth-order valence-electron chi connectivity index (χ4n) is 0.849. The zero-order valence-electron chi connectivity index (χ0n) is 4.85. The van der Waals surface area contributed by atoms with Crippen molar-refractivity contribution in [1.29, 1.82) is 0 Å². The normalized spacial score (nSPS) is 16.4. The van der Waals surface area contributed by atoms with Crippen LogP contribution < -0.4 is 5.32 Å². The molecule has 0 fully saturated rings. The molecule has 9 heavy (non-hydrogen) atoms. The maximum atomic E-state index is 3.90. The van der Waals surface area contributed by atoms with Gasteiger partial charge < -0.3 is 5.32 Å². The minimum atomic E-state index is 1.05. The van der Waals surface area contributed by atoms with E-state index in [9.17, 15) is 0 Å². The van der Waals surface area contributed by atoms with Gasteiger partial charge >= 0.3 is 0 Å². The highest BCUT2D eigenvalue weighted by atomic mass is 32.2. The van der Waals surface area contributed by atoms with Gasteiger partial charge in [0.15, 0.2) is 0 Å². The summed E-state index contributed by atoms with van der Waals surface area (Å²) in [4.78, 5) is 0. The van der Waals surface area contributed by atoms with Gasteiger partial charge in [-0.1, -0.05) is 0 Å². The summed E-state index contributed by atoms with van der Waals surface area (Å²) in [6.45, 7) is 1.05. The molecule has 1 aliphatic heterocycles. The van der Waals surface area contributed by atoms with Crippen molar-refractivity contribution < 1.29 is 0 Å². The topological polar surface area (TPSA) is 40.7 Å². The smallest absolute Gasteiger partial charge is 0.114 e. The van der Waals surface area contributed by atoms with E-state index in [0.717, 1.165) is 18.0 Å². The maximum Gasteiger partial charge on any atom is 0.114 e. The predicted molar refractivity (Wildman–Crippen MR) is 37.8 cm³/mol. The summed E-state index contributed by atoms with van der Waals surface area (Å²) < 4.78 is 0. The molecule has 0 radical (unpaired) electrons. The molecule has 2 rings (SSSR count). The van der Waals surface area contributed by atoms with Gasteiger partial charge in [-0.25, -0.2) is 0 Å². The lowest BCUT2D eigenvalue weighted by atomic mass is 10.5. The van der Waals surface area contributed by atoms with E-state index in [1.165, 1.54) is 5.03 Å². The van der Waals surface area contributed by atoms with Gasteiger partial charge in [-0.2, -0.15) is 5.10 Å². The van der Waals surface area contributed by atoms with Crippen LogP contribution in [0, 0.1) is 0 Å². The number of anilines is 1. The van der Waals surface area contributed by atoms with Crippen LogP contribution >= 0.6 is 11.8 Å². The van der Waals surface area contributed by atoms with Crippen LogP contribution in [-0.2, 0) is 0 Å². The fourth-order valence-corrected chi connectivity index (χ4v) is 1.65. The monoisotopic (exact) mass is 141 g/mol. The molecule has 1 aromatic rings. The number of nitrogens with zero attached hydrogens (tertiary/aromatic N) is 1. The van der Waals surface area contributed by atoms with Crippen molar-refractivity contribution in [3.63, 3.8) is 0 Å². The zero-order valence-corrected chi connectivity index (χ0v) is 5.66. The van der Waals surface area contributed by atoms with Crippen LogP contribution in [0.1, 0.15) is 0 Å². The first-order valence-corrected chi connectivity index (χ1v) is 3.85. The molecule has 0 amide bonds. The van der Waals surface area contributed by atoms with E-state index in [2.05, 4.69) is 15.5 Å². The van der Waals surface area contributed by atoms with E-state index in [0.29, 0.717) is 0 Å². The van der Waals surface area contributed by atoms with E-state index in [-0.39, 0.29) is 0 Å². The number of aromatic amines is 1. The Morgan fingerprint density at radius 3 is 3.56 bits per heavy atom. The summed E-state index contributed by atoms with van der Waals surface area (Å²) >= 11 is 1.81. The third kappa shape index (κ3) is 0.790. The molecule has 2 N–H and O–H groups in total. The molecule has 0 spiro atoms. The Morgan fingerprint density at radius 1 is 1.67 bits per heavy atom. The second-order valence-electron chi connectivity index (χ2n) is 1.89. The van der Waals surface area contributed by atoms with Crippen LogP contribution in [-0.4, -0.2) is 22.5 Å². The molecule has 1 aliphatic rings. The van der Waals surface area contributed by atoms with Crippen molar-refractivity contribution in [3.05, 3.63) is 6.20 Å². The zero-order chi connectivity index (χ0) is 6.10. The molecule has 0 atom stereocenters. The van der Waals surface area contributed by atoms with E-state index in [1.54, 1.807) is 0 Å². The van der Waals surface area contributed by atoms with Crippen LogP contribution in [0.25, 0.3) is 0 Å². The summed E-state index contributed by atoms with van der Waals surface area (Å²) in [5.74, 6) is 1.13. The summed E-state index contributed by atoms with van der Waals surface area (Å²) in [7, 11) is 0. The van der Waals surface area contributed by atoms with Crippen LogP contribution in [0.4, 0.5) is 5.69 Å².